The Kier molecular flexibility index (Phi) is 4.47. The quantitative estimate of drug-likeness (QED) is 0.798. The summed E-state index contributed by atoms with van der Waals surface area (Å²) < 4.78 is 5.44. The third kappa shape index (κ3) is 3.82. The predicted octanol–water partition coefficient (Wildman–Crippen LogP) is 3.46. The zero-order valence-electron chi connectivity index (χ0n) is 10.1. The molecule has 0 aliphatic rings. The lowest BCUT2D eigenvalue weighted by Gasteiger charge is -2.12. The number of aryl methyl sites for hydroxylation is 1. The third-order valence-corrected chi connectivity index (χ3v) is 2.21. The number of benzene rings is 1. The minimum absolute atomic E-state index is 0.663. The molecule has 0 bridgehead atoms. The molecule has 0 aliphatic heterocycles. The first kappa shape index (κ1) is 11.9. The number of rotatable bonds is 5. The van der Waals surface area contributed by atoms with Gasteiger partial charge >= 0.3 is 0 Å². The predicted molar refractivity (Wildman–Crippen MR) is 65.7 cm³/mol. The van der Waals surface area contributed by atoms with Gasteiger partial charge in [-0.2, -0.15) is 0 Å². The molecule has 15 heavy (non-hydrogen) atoms. The van der Waals surface area contributed by atoms with Crippen molar-refractivity contribution in [2.24, 2.45) is 5.92 Å². The maximum Gasteiger partial charge on any atom is 0.119 e. The Bertz CT molecular complexity index is 307. The van der Waals surface area contributed by atoms with E-state index >= 15 is 0 Å². The monoisotopic (exact) mass is 207 g/mol. The molecule has 84 valence electrons. The van der Waals surface area contributed by atoms with Gasteiger partial charge in [0.15, 0.2) is 0 Å². The van der Waals surface area contributed by atoms with E-state index in [1.165, 1.54) is 11.3 Å². The molecule has 1 rings (SSSR count). The summed E-state index contributed by atoms with van der Waals surface area (Å²) >= 11 is 0. The molecular formula is C13H21NO. The molecule has 2 heteroatoms. The topological polar surface area (TPSA) is 21.3 Å². The van der Waals surface area contributed by atoms with Crippen molar-refractivity contribution in [2.75, 3.05) is 18.5 Å². The highest BCUT2D eigenvalue weighted by Gasteiger charge is 2.01. The van der Waals surface area contributed by atoms with Crippen molar-refractivity contribution in [1.82, 2.24) is 0 Å². The van der Waals surface area contributed by atoms with Gasteiger partial charge in [-0.3, -0.25) is 0 Å². The number of hydrogen-bond acceptors (Lipinski definition) is 2. The second-order valence-corrected chi connectivity index (χ2v) is 4.18. The average molecular weight is 207 g/mol. The van der Waals surface area contributed by atoms with Gasteiger partial charge in [0.25, 0.3) is 0 Å². The van der Waals surface area contributed by atoms with Gasteiger partial charge in [-0.25, -0.2) is 0 Å². The van der Waals surface area contributed by atoms with E-state index in [0.29, 0.717) is 5.92 Å². The first-order valence-corrected chi connectivity index (χ1v) is 5.60. The molecule has 0 heterocycles. The molecule has 0 saturated carbocycles. The van der Waals surface area contributed by atoms with Crippen LogP contribution in [0.15, 0.2) is 18.2 Å². The first-order valence-electron chi connectivity index (χ1n) is 5.60. The molecule has 0 amide bonds. The lowest BCUT2D eigenvalue weighted by Crippen LogP contribution is -2.08. The van der Waals surface area contributed by atoms with Gasteiger partial charge in [0.05, 0.1) is 6.61 Å². The van der Waals surface area contributed by atoms with Crippen molar-refractivity contribution in [2.45, 2.75) is 27.7 Å². The summed E-state index contributed by atoms with van der Waals surface area (Å²) in [7, 11) is 0. The maximum atomic E-state index is 5.44. The highest BCUT2D eigenvalue weighted by molar-refractivity contribution is 5.53. The van der Waals surface area contributed by atoms with Gasteiger partial charge in [0.2, 0.25) is 0 Å². The van der Waals surface area contributed by atoms with Crippen LogP contribution in [0.25, 0.3) is 0 Å². The fraction of sp³-hybridized carbons (Fsp3) is 0.538. The minimum atomic E-state index is 0.663. The largest absolute Gasteiger partial charge is 0.494 e. The summed E-state index contributed by atoms with van der Waals surface area (Å²) in [5.41, 5.74) is 2.44. The van der Waals surface area contributed by atoms with Crippen molar-refractivity contribution in [3.8, 4) is 5.75 Å². The fourth-order valence-corrected chi connectivity index (χ4v) is 1.41. The van der Waals surface area contributed by atoms with E-state index in [1.54, 1.807) is 0 Å². The van der Waals surface area contributed by atoms with Gasteiger partial charge in [-0.05, 0) is 43.5 Å². The molecular weight excluding hydrogens is 186 g/mol. The standard InChI is InChI=1S/C13H21NO/c1-5-15-12-6-7-13(11(4)8-12)14-9-10(2)3/h6-8,10,14H,5,9H2,1-4H3. The molecule has 0 spiro atoms. The van der Waals surface area contributed by atoms with Crippen LogP contribution in [0.2, 0.25) is 0 Å². The summed E-state index contributed by atoms with van der Waals surface area (Å²) in [5.74, 6) is 1.61. The summed E-state index contributed by atoms with van der Waals surface area (Å²) in [6, 6.07) is 6.17. The van der Waals surface area contributed by atoms with Crippen LogP contribution >= 0.6 is 0 Å². The normalized spacial score (nSPS) is 10.5. The lowest BCUT2D eigenvalue weighted by atomic mass is 10.1. The smallest absolute Gasteiger partial charge is 0.119 e. The Balaban J connectivity index is 2.66. The molecule has 0 saturated heterocycles. The number of nitrogens with one attached hydrogen (secondary N) is 1. The summed E-state index contributed by atoms with van der Waals surface area (Å²) in [6.45, 7) is 10.2. The Morgan fingerprint density at radius 3 is 2.60 bits per heavy atom. The molecule has 0 radical (unpaired) electrons. The zero-order valence-corrected chi connectivity index (χ0v) is 10.1. The van der Waals surface area contributed by atoms with Gasteiger partial charge in [0, 0.05) is 12.2 Å². The van der Waals surface area contributed by atoms with E-state index in [-0.39, 0.29) is 0 Å². The first-order chi connectivity index (χ1) is 7.13. The molecule has 1 aromatic rings. The van der Waals surface area contributed by atoms with Crippen LogP contribution in [0.3, 0.4) is 0 Å². The van der Waals surface area contributed by atoms with Crippen molar-refractivity contribution in [1.29, 1.82) is 0 Å². The number of anilines is 1. The van der Waals surface area contributed by atoms with Crippen molar-refractivity contribution < 1.29 is 4.74 Å². The van der Waals surface area contributed by atoms with E-state index < -0.39 is 0 Å². The van der Waals surface area contributed by atoms with Crippen LogP contribution in [0, 0.1) is 12.8 Å². The van der Waals surface area contributed by atoms with E-state index in [4.69, 9.17) is 4.74 Å². The Morgan fingerprint density at radius 2 is 2.07 bits per heavy atom. The minimum Gasteiger partial charge on any atom is -0.494 e. The summed E-state index contributed by atoms with van der Waals surface area (Å²) in [5, 5.41) is 3.43. The molecule has 0 fully saturated rings. The van der Waals surface area contributed by atoms with Gasteiger partial charge in [0.1, 0.15) is 5.75 Å². The van der Waals surface area contributed by atoms with E-state index in [1.807, 2.05) is 13.0 Å². The Morgan fingerprint density at radius 1 is 1.33 bits per heavy atom. The Hall–Kier alpha value is -1.18. The molecule has 0 unspecified atom stereocenters. The van der Waals surface area contributed by atoms with Crippen molar-refractivity contribution in [3.63, 3.8) is 0 Å². The number of hydrogen-bond donors (Lipinski definition) is 1. The molecule has 0 aromatic heterocycles. The van der Waals surface area contributed by atoms with E-state index in [9.17, 15) is 0 Å². The second-order valence-electron chi connectivity index (χ2n) is 4.18. The maximum absolute atomic E-state index is 5.44. The summed E-state index contributed by atoms with van der Waals surface area (Å²) in [4.78, 5) is 0. The SMILES string of the molecule is CCOc1ccc(NCC(C)C)c(C)c1. The fourth-order valence-electron chi connectivity index (χ4n) is 1.41. The Labute approximate surface area is 92.6 Å². The van der Waals surface area contributed by atoms with Crippen LogP contribution in [-0.2, 0) is 0 Å². The van der Waals surface area contributed by atoms with E-state index in [0.717, 1.165) is 18.9 Å². The van der Waals surface area contributed by atoms with Gasteiger partial charge in [-0.1, -0.05) is 13.8 Å². The second kappa shape index (κ2) is 5.64. The van der Waals surface area contributed by atoms with Crippen LogP contribution in [0.5, 0.6) is 5.75 Å². The van der Waals surface area contributed by atoms with Crippen LogP contribution in [0.4, 0.5) is 5.69 Å². The van der Waals surface area contributed by atoms with Gasteiger partial charge < -0.3 is 10.1 Å². The van der Waals surface area contributed by atoms with Crippen molar-refractivity contribution in [3.05, 3.63) is 23.8 Å². The number of ether oxygens (including phenoxy) is 1. The molecule has 0 aliphatic carbocycles. The molecule has 1 aromatic carbocycles. The third-order valence-electron chi connectivity index (χ3n) is 2.21. The van der Waals surface area contributed by atoms with E-state index in [2.05, 4.69) is 38.2 Å². The molecule has 0 atom stereocenters. The molecule has 1 N–H and O–H groups in total. The summed E-state index contributed by atoms with van der Waals surface area (Å²) in [6.07, 6.45) is 0. The lowest BCUT2D eigenvalue weighted by molar-refractivity contribution is 0.340. The van der Waals surface area contributed by atoms with Crippen LogP contribution in [0.1, 0.15) is 26.3 Å². The van der Waals surface area contributed by atoms with Gasteiger partial charge in [-0.15, -0.1) is 0 Å². The average Bonchev–Trinajstić information content (AvgIpc) is 2.17. The zero-order chi connectivity index (χ0) is 11.3. The van der Waals surface area contributed by atoms with Crippen LogP contribution in [-0.4, -0.2) is 13.2 Å². The molecule has 2 nitrogen and oxygen atoms in total. The van der Waals surface area contributed by atoms with Crippen molar-refractivity contribution >= 4 is 5.69 Å². The van der Waals surface area contributed by atoms with Crippen LogP contribution < -0.4 is 10.1 Å². The highest BCUT2D eigenvalue weighted by Crippen LogP contribution is 2.21. The highest BCUT2D eigenvalue weighted by atomic mass is 16.5.